The first kappa shape index (κ1) is 22.0. The maximum Gasteiger partial charge on any atom is 0.303 e. The minimum Gasteiger partial charge on any atom is -0.489 e. The van der Waals surface area contributed by atoms with Crippen LogP contribution >= 0.6 is 0 Å². The number of amides is 2. The van der Waals surface area contributed by atoms with E-state index in [1.54, 1.807) is 25.2 Å². The average molecular weight is 449 g/mol. The number of aryl methyl sites for hydroxylation is 1. The van der Waals surface area contributed by atoms with Gasteiger partial charge in [0, 0.05) is 19.9 Å². The van der Waals surface area contributed by atoms with E-state index < -0.39 is 17.9 Å². The highest BCUT2D eigenvalue weighted by molar-refractivity contribution is 6.02. The van der Waals surface area contributed by atoms with E-state index in [2.05, 4.69) is 20.5 Å². The van der Waals surface area contributed by atoms with Gasteiger partial charge in [0.25, 0.3) is 11.8 Å². The Kier molecular flexibility index (Phi) is 6.34. The van der Waals surface area contributed by atoms with Crippen molar-refractivity contribution < 1.29 is 24.2 Å². The van der Waals surface area contributed by atoms with Crippen molar-refractivity contribution in [2.75, 3.05) is 18.6 Å². The smallest absolute Gasteiger partial charge is 0.303 e. The Morgan fingerprint density at radius 2 is 2.00 bits per heavy atom. The normalized spacial score (nSPS) is 15.4. The van der Waals surface area contributed by atoms with E-state index in [-0.39, 0.29) is 24.8 Å². The number of aromatic nitrogens is 3. The van der Waals surface area contributed by atoms with Crippen molar-refractivity contribution in [3.63, 3.8) is 0 Å². The number of rotatable bonds is 7. The molecule has 3 aromatic rings. The number of H-pyrrole nitrogens is 1. The number of carboxylic acid groups (broad SMARTS) is 1. The number of carbonyl (C=O) groups excluding carboxylic acids is 2. The molecular formula is C23H23N5O5. The summed E-state index contributed by atoms with van der Waals surface area (Å²) in [5.41, 5.74) is 2.31. The Labute approximate surface area is 189 Å². The van der Waals surface area contributed by atoms with Crippen LogP contribution in [0.4, 0.5) is 5.69 Å². The van der Waals surface area contributed by atoms with Crippen LogP contribution in [-0.2, 0) is 22.4 Å². The van der Waals surface area contributed by atoms with Crippen LogP contribution in [-0.4, -0.2) is 57.8 Å². The number of benzene rings is 2. The molecule has 0 unspecified atom stereocenters. The number of nitrogens with zero attached hydrogens (tertiary/aromatic N) is 3. The largest absolute Gasteiger partial charge is 0.489 e. The summed E-state index contributed by atoms with van der Waals surface area (Å²) in [5.74, 6) is -0.897. The molecule has 2 heterocycles. The van der Waals surface area contributed by atoms with Gasteiger partial charge in [0.05, 0.1) is 5.69 Å². The molecule has 10 heteroatoms. The molecule has 0 aliphatic carbocycles. The minimum absolute atomic E-state index is 0.0150. The Balaban J connectivity index is 1.43. The van der Waals surface area contributed by atoms with Gasteiger partial charge in [-0.15, -0.1) is 5.10 Å². The van der Waals surface area contributed by atoms with Gasteiger partial charge in [-0.3, -0.25) is 19.5 Å². The maximum absolute atomic E-state index is 13.0. The van der Waals surface area contributed by atoms with E-state index in [9.17, 15) is 14.4 Å². The quantitative estimate of drug-likeness (QED) is 0.498. The molecule has 0 spiro atoms. The standard InChI is InChI=1S/C23H23N5O5/c1-28-17-11-15(8-10-20(29)30)7-9-18(17)33-13-16(23(28)32)24-22(31)21-25-19(26-27-21)12-14-5-3-2-4-6-14/h2-7,9,11,16H,8,10,12-13H2,1H3,(H,24,31)(H,29,30)(H,25,26,27)/t16-/m1/s1. The van der Waals surface area contributed by atoms with Crippen LogP contribution < -0.4 is 15.0 Å². The first-order chi connectivity index (χ1) is 15.9. The number of ether oxygens (including phenoxy) is 1. The number of aromatic amines is 1. The van der Waals surface area contributed by atoms with Crippen LogP contribution in [0.15, 0.2) is 48.5 Å². The van der Waals surface area contributed by atoms with E-state index in [1.807, 2.05) is 30.3 Å². The van der Waals surface area contributed by atoms with E-state index in [0.29, 0.717) is 30.1 Å². The number of nitrogens with one attached hydrogen (secondary N) is 2. The second-order valence-corrected chi connectivity index (χ2v) is 7.70. The fraction of sp³-hybridized carbons (Fsp3) is 0.261. The van der Waals surface area contributed by atoms with Crippen molar-refractivity contribution in [1.29, 1.82) is 0 Å². The number of anilines is 1. The predicted octanol–water partition coefficient (Wildman–Crippen LogP) is 1.57. The lowest BCUT2D eigenvalue weighted by Crippen LogP contribution is -2.49. The summed E-state index contributed by atoms with van der Waals surface area (Å²) in [6.07, 6.45) is 0.814. The highest BCUT2D eigenvalue weighted by atomic mass is 16.5. The van der Waals surface area contributed by atoms with Gasteiger partial charge in [0.15, 0.2) is 0 Å². The van der Waals surface area contributed by atoms with Gasteiger partial charge in [0.1, 0.15) is 24.2 Å². The lowest BCUT2D eigenvalue weighted by atomic mass is 10.1. The minimum atomic E-state index is -0.937. The summed E-state index contributed by atoms with van der Waals surface area (Å²) >= 11 is 0. The highest BCUT2D eigenvalue weighted by Gasteiger charge is 2.31. The zero-order valence-electron chi connectivity index (χ0n) is 17.9. The molecule has 10 nitrogen and oxygen atoms in total. The van der Waals surface area contributed by atoms with Crippen molar-refractivity contribution in [2.45, 2.75) is 25.3 Å². The van der Waals surface area contributed by atoms with E-state index in [1.165, 1.54) is 4.90 Å². The molecule has 0 saturated carbocycles. The molecule has 1 aliphatic rings. The molecule has 1 aromatic heterocycles. The topological polar surface area (TPSA) is 138 Å². The third-order valence-electron chi connectivity index (χ3n) is 5.30. The molecule has 1 aliphatic heterocycles. The van der Waals surface area contributed by atoms with Crippen molar-refractivity contribution in [3.8, 4) is 5.75 Å². The molecule has 3 N–H and O–H groups in total. The molecule has 2 aromatic carbocycles. The van der Waals surface area contributed by atoms with Crippen molar-refractivity contribution >= 4 is 23.5 Å². The third-order valence-corrected chi connectivity index (χ3v) is 5.30. The van der Waals surface area contributed by atoms with Gasteiger partial charge in [-0.25, -0.2) is 4.98 Å². The van der Waals surface area contributed by atoms with Crippen LogP contribution in [0, 0.1) is 0 Å². The second kappa shape index (κ2) is 9.51. The summed E-state index contributed by atoms with van der Waals surface area (Å²) in [6, 6.07) is 13.9. The zero-order chi connectivity index (χ0) is 23.4. The highest BCUT2D eigenvalue weighted by Crippen LogP contribution is 2.32. The Morgan fingerprint density at radius 3 is 2.76 bits per heavy atom. The number of carbonyl (C=O) groups is 3. The number of hydrogen-bond acceptors (Lipinski definition) is 6. The van der Waals surface area contributed by atoms with Crippen LogP contribution in [0.3, 0.4) is 0 Å². The molecule has 0 saturated heterocycles. The fourth-order valence-electron chi connectivity index (χ4n) is 3.54. The fourth-order valence-corrected chi connectivity index (χ4v) is 3.54. The Bertz CT molecular complexity index is 1180. The zero-order valence-corrected chi connectivity index (χ0v) is 17.9. The van der Waals surface area contributed by atoms with Gasteiger partial charge in [-0.05, 0) is 29.7 Å². The number of carboxylic acids is 1. The van der Waals surface area contributed by atoms with Gasteiger partial charge in [0.2, 0.25) is 5.82 Å². The average Bonchev–Trinajstić information content (AvgIpc) is 3.24. The van der Waals surface area contributed by atoms with Crippen molar-refractivity contribution in [1.82, 2.24) is 20.5 Å². The molecular weight excluding hydrogens is 426 g/mol. The van der Waals surface area contributed by atoms with Gasteiger partial charge < -0.3 is 20.1 Å². The van der Waals surface area contributed by atoms with Gasteiger partial charge >= 0.3 is 5.97 Å². The monoisotopic (exact) mass is 449 g/mol. The van der Waals surface area contributed by atoms with Crippen LogP contribution in [0.5, 0.6) is 5.75 Å². The van der Waals surface area contributed by atoms with Crippen LogP contribution in [0.2, 0.25) is 0 Å². The third kappa shape index (κ3) is 5.17. The summed E-state index contributed by atoms with van der Waals surface area (Å²) < 4.78 is 5.76. The van der Waals surface area contributed by atoms with Crippen molar-refractivity contribution in [3.05, 3.63) is 71.3 Å². The number of fused-ring (bicyclic) bond motifs is 1. The molecule has 0 bridgehead atoms. The molecule has 33 heavy (non-hydrogen) atoms. The molecule has 0 fully saturated rings. The second-order valence-electron chi connectivity index (χ2n) is 7.70. The molecule has 0 radical (unpaired) electrons. The van der Waals surface area contributed by atoms with E-state index in [4.69, 9.17) is 9.84 Å². The molecule has 2 amide bonds. The number of likely N-dealkylation sites (N-methyl/N-ethyl adjacent to an activating group) is 1. The first-order valence-corrected chi connectivity index (χ1v) is 10.4. The van der Waals surface area contributed by atoms with Crippen molar-refractivity contribution in [2.24, 2.45) is 0 Å². The van der Waals surface area contributed by atoms with E-state index in [0.717, 1.165) is 11.1 Å². The number of hydrogen-bond donors (Lipinski definition) is 3. The van der Waals surface area contributed by atoms with Crippen LogP contribution in [0.1, 0.15) is 34.0 Å². The lowest BCUT2D eigenvalue weighted by Gasteiger charge is -2.20. The summed E-state index contributed by atoms with van der Waals surface area (Å²) in [7, 11) is 1.58. The maximum atomic E-state index is 13.0. The van der Waals surface area contributed by atoms with Gasteiger partial charge in [-0.2, -0.15) is 0 Å². The Morgan fingerprint density at radius 1 is 1.21 bits per heavy atom. The summed E-state index contributed by atoms with van der Waals surface area (Å²) in [4.78, 5) is 42.1. The summed E-state index contributed by atoms with van der Waals surface area (Å²) in [6.45, 7) is -0.0579. The first-order valence-electron chi connectivity index (χ1n) is 10.4. The molecule has 4 rings (SSSR count). The predicted molar refractivity (Wildman–Crippen MR) is 118 cm³/mol. The number of aliphatic carboxylic acids is 1. The Hall–Kier alpha value is -4.21. The van der Waals surface area contributed by atoms with Crippen LogP contribution in [0.25, 0.3) is 0 Å². The van der Waals surface area contributed by atoms with E-state index >= 15 is 0 Å². The summed E-state index contributed by atoms with van der Waals surface area (Å²) in [5, 5.41) is 18.3. The lowest BCUT2D eigenvalue weighted by molar-refractivity contribution is -0.137. The van der Waals surface area contributed by atoms with Gasteiger partial charge in [-0.1, -0.05) is 36.4 Å². The SMILES string of the molecule is CN1C(=O)[C@H](NC(=O)c2n[nH]c(Cc3ccccc3)n2)COc2ccc(CCC(=O)O)cc21. The molecule has 170 valence electrons. The molecule has 1 atom stereocenters.